The first-order valence-electron chi connectivity index (χ1n) is 33.8. The SMILES string of the molecule is Brc1cccc(-n2c3ccccc3c3ccccc32)c1.c1cc(-c2nccn2-c2ccc3oc4ccc(-n5c6ccccc6c6ccccc65)cc4c3c2)cc(-n2c3ccccc3c3ccccc32)c1.c1ccc2c(c1)c1ccccc1n2-c1ccc2oc3ccc(-n4ccnc4)cc3c2c1. The van der Waals surface area contributed by atoms with E-state index in [1.807, 2.05) is 35.6 Å². The van der Waals surface area contributed by atoms with Crippen LogP contribution in [0, 0.1) is 0 Å². The van der Waals surface area contributed by atoms with Crippen molar-refractivity contribution in [3.05, 3.63) is 351 Å². The largest absolute Gasteiger partial charge is 0.456 e. The smallest absolute Gasteiger partial charge is 0.144 e. The summed E-state index contributed by atoms with van der Waals surface area (Å²) in [5, 5.41) is 14.5. The van der Waals surface area contributed by atoms with E-state index >= 15 is 0 Å². The van der Waals surface area contributed by atoms with Crippen LogP contribution < -0.4 is 0 Å². The van der Waals surface area contributed by atoms with E-state index in [4.69, 9.17) is 13.8 Å². The topological polar surface area (TPSA) is 81.6 Å². The first-order chi connectivity index (χ1) is 50.0. The highest BCUT2D eigenvalue weighted by atomic mass is 79.9. The van der Waals surface area contributed by atoms with Crippen LogP contribution >= 0.6 is 15.9 Å². The Hall–Kier alpha value is -13.2. The summed E-state index contributed by atoms with van der Waals surface area (Å²) in [7, 11) is 0. The van der Waals surface area contributed by atoms with Crippen molar-refractivity contribution in [2.75, 3.05) is 0 Å². The number of furan rings is 2. The van der Waals surface area contributed by atoms with Gasteiger partial charge in [0, 0.05) is 134 Å². The van der Waals surface area contributed by atoms with Gasteiger partial charge in [-0.3, -0.25) is 4.57 Å². The van der Waals surface area contributed by atoms with Crippen LogP contribution in [-0.2, 0) is 0 Å². The van der Waals surface area contributed by atoms with Crippen LogP contribution in [0.4, 0.5) is 0 Å². The minimum absolute atomic E-state index is 0.859. The molecule has 10 nitrogen and oxygen atoms in total. The first-order valence-corrected chi connectivity index (χ1v) is 34.6. The molecule has 8 aromatic heterocycles. The van der Waals surface area contributed by atoms with E-state index < -0.39 is 0 Å². The highest BCUT2D eigenvalue weighted by Gasteiger charge is 2.20. The van der Waals surface area contributed by atoms with Crippen LogP contribution in [0.15, 0.2) is 360 Å². The Kier molecular flexibility index (Phi) is 13.5. The second kappa shape index (κ2) is 23.5. The number of hydrogen-bond donors (Lipinski definition) is 0. The Balaban J connectivity index is 0.000000114. The third-order valence-corrected chi connectivity index (χ3v) is 20.4. The fourth-order valence-corrected chi connectivity index (χ4v) is 15.8. The van der Waals surface area contributed by atoms with Crippen LogP contribution in [0.5, 0.6) is 0 Å². The zero-order chi connectivity index (χ0) is 66.7. The molecule has 22 rings (SSSR count). The number of hydrogen-bond acceptors (Lipinski definition) is 4. The molecule has 0 aliphatic heterocycles. The lowest BCUT2D eigenvalue weighted by Crippen LogP contribution is -1.98. The second-order valence-corrected chi connectivity index (χ2v) is 26.4. The molecule has 0 aliphatic rings. The van der Waals surface area contributed by atoms with Crippen LogP contribution in [-0.4, -0.2) is 37.4 Å². The Morgan fingerprint density at radius 3 is 0.960 bits per heavy atom. The maximum atomic E-state index is 6.38. The number of nitrogens with zero attached hydrogens (tertiary/aromatic N) is 8. The lowest BCUT2D eigenvalue weighted by Gasteiger charge is -2.12. The van der Waals surface area contributed by atoms with Crippen molar-refractivity contribution in [1.82, 2.24) is 37.4 Å². The molecule has 0 bridgehead atoms. The van der Waals surface area contributed by atoms with Crippen LogP contribution in [0.1, 0.15) is 0 Å². The van der Waals surface area contributed by atoms with Crippen molar-refractivity contribution in [2.24, 2.45) is 0 Å². The van der Waals surface area contributed by atoms with Gasteiger partial charge in [0.1, 0.15) is 28.2 Å². The maximum Gasteiger partial charge on any atom is 0.144 e. The standard InChI is InChI=1S/C45H28N4O.C27H17N3O.C18H12BrN/c1-5-16-39-33(12-1)34-13-2-6-17-40(34)48(39)31-11-9-10-29(26-31)45-46-24-25-47(45)30-20-22-43-37(27-30)38-28-32(21-23-44(38)50-43)49-41-18-7-3-14-35(41)36-15-4-8-19-42(36)49;1-3-7-24-20(5-1)21-6-2-4-8-25(21)30(24)19-10-12-27-23(16-19)22-15-18(9-11-26(22)31-27)29-14-13-28-17-29;19-13-6-5-7-14(12-13)20-17-10-3-1-8-15(17)16-9-2-4-11-18(16)20/h1-28H;1-17H;1-12H. The molecule has 0 amide bonds. The van der Waals surface area contributed by atoms with Crippen molar-refractivity contribution in [3.8, 4) is 45.5 Å². The van der Waals surface area contributed by atoms with Gasteiger partial charge in [-0.25, -0.2) is 9.97 Å². The molecule has 0 aliphatic carbocycles. The summed E-state index contributed by atoms with van der Waals surface area (Å²) in [6, 6.07) is 111. The average molecular weight is 1360 g/mol. The third-order valence-electron chi connectivity index (χ3n) is 19.9. The predicted octanol–water partition coefficient (Wildman–Crippen LogP) is 24.0. The molecular formula is C90H57BrN8O2. The van der Waals surface area contributed by atoms with E-state index in [-0.39, 0.29) is 0 Å². The molecule has 22 aromatic rings. The highest BCUT2D eigenvalue weighted by Crippen LogP contribution is 2.41. The van der Waals surface area contributed by atoms with Gasteiger partial charge < -0.3 is 31.7 Å². The maximum absolute atomic E-state index is 6.38. The van der Waals surface area contributed by atoms with Gasteiger partial charge in [0.05, 0.1) is 50.5 Å². The van der Waals surface area contributed by atoms with Crippen LogP contribution in [0.3, 0.4) is 0 Å². The number of rotatable bonds is 7. The zero-order valence-electron chi connectivity index (χ0n) is 54.2. The Bertz CT molecular complexity index is 6800. The highest BCUT2D eigenvalue weighted by molar-refractivity contribution is 9.10. The molecule has 14 aromatic carbocycles. The molecule has 0 fully saturated rings. The molecule has 0 unspecified atom stereocenters. The normalized spacial score (nSPS) is 11.8. The molecule has 11 heteroatoms. The Morgan fingerprint density at radius 2 is 0.584 bits per heavy atom. The number of halogens is 1. The summed E-state index contributed by atoms with van der Waals surface area (Å²) in [5.74, 6) is 0.880. The summed E-state index contributed by atoms with van der Waals surface area (Å²) in [4.78, 5) is 9.04. The Morgan fingerprint density at radius 1 is 0.257 bits per heavy atom. The molecule has 0 radical (unpaired) electrons. The molecule has 0 spiro atoms. The number of imidazole rings is 2. The van der Waals surface area contributed by atoms with Gasteiger partial charge in [-0.05, 0) is 152 Å². The van der Waals surface area contributed by atoms with Gasteiger partial charge in [-0.2, -0.15) is 0 Å². The average Bonchev–Trinajstić information content (AvgIpc) is 1.62. The number of aromatic nitrogens is 8. The first kappa shape index (κ1) is 58.0. The molecule has 0 saturated carbocycles. The number of para-hydroxylation sites is 8. The van der Waals surface area contributed by atoms with E-state index in [0.717, 1.165) is 88.2 Å². The fraction of sp³-hybridized carbons (Fsp3) is 0. The van der Waals surface area contributed by atoms with E-state index in [2.05, 4.69) is 353 Å². The van der Waals surface area contributed by atoms with Crippen molar-refractivity contribution < 1.29 is 8.83 Å². The van der Waals surface area contributed by atoms with E-state index in [1.165, 1.54) is 92.9 Å². The van der Waals surface area contributed by atoms with Gasteiger partial charge in [0.25, 0.3) is 0 Å². The molecule has 0 atom stereocenters. The van der Waals surface area contributed by atoms with Crippen molar-refractivity contribution in [2.45, 2.75) is 0 Å². The van der Waals surface area contributed by atoms with Crippen LogP contribution in [0.25, 0.3) is 177 Å². The summed E-state index contributed by atoms with van der Waals surface area (Å²) < 4.78 is 27.1. The molecule has 0 saturated heterocycles. The van der Waals surface area contributed by atoms with E-state index in [9.17, 15) is 0 Å². The van der Waals surface area contributed by atoms with Gasteiger partial charge >= 0.3 is 0 Å². The molecule has 0 N–H and O–H groups in total. The number of benzene rings is 14. The summed E-state index contributed by atoms with van der Waals surface area (Å²) in [6.45, 7) is 0. The lowest BCUT2D eigenvalue weighted by atomic mass is 10.1. The summed E-state index contributed by atoms with van der Waals surface area (Å²) in [6.07, 6.45) is 9.47. The quantitative estimate of drug-likeness (QED) is 0.159. The predicted molar refractivity (Wildman–Crippen MR) is 419 cm³/mol. The van der Waals surface area contributed by atoms with Crippen molar-refractivity contribution >= 4 is 147 Å². The molecule has 476 valence electrons. The van der Waals surface area contributed by atoms with Crippen LogP contribution in [0.2, 0.25) is 0 Å². The lowest BCUT2D eigenvalue weighted by molar-refractivity contribution is 0.668. The monoisotopic (exact) mass is 1360 g/mol. The minimum Gasteiger partial charge on any atom is -0.456 e. The van der Waals surface area contributed by atoms with E-state index in [1.54, 1.807) is 6.20 Å². The summed E-state index contributed by atoms with van der Waals surface area (Å²) in [5.41, 5.74) is 20.8. The van der Waals surface area contributed by atoms with Crippen molar-refractivity contribution in [3.63, 3.8) is 0 Å². The van der Waals surface area contributed by atoms with Gasteiger partial charge in [0.15, 0.2) is 0 Å². The summed E-state index contributed by atoms with van der Waals surface area (Å²) >= 11 is 3.56. The molecule has 8 heterocycles. The number of fused-ring (bicyclic) bond motifs is 18. The van der Waals surface area contributed by atoms with Gasteiger partial charge in [-0.15, -0.1) is 0 Å². The zero-order valence-corrected chi connectivity index (χ0v) is 55.8. The third kappa shape index (κ3) is 9.53. The molecule has 101 heavy (non-hydrogen) atoms. The second-order valence-electron chi connectivity index (χ2n) is 25.5. The Labute approximate surface area is 586 Å². The van der Waals surface area contributed by atoms with E-state index in [0.29, 0.717) is 0 Å². The molecular weight excluding hydrogens is 1300 g/mol. The van der Waals surface area contributed by atoms with Crippen molar-refractivity contribution in [1.29, 1.82) is 0 Å². The minimum atomic E-state index is 0.859. The van der Waals surface area contributed by atoms with Gasteiger partial charge in [-0.1, -0.05) is 180 Å². The van der Waals surface area contributed by atoms with Gasteiger partial charge in [0.2, 0.25) is 0 Å². The fourth-order valence-electron chi connectivity index (χ4n) is 15.4.